The first-order chi connectivity index (χ1) is 13.2. The number of aromatic nitrogens is 1. The van der Waals surface area contributed by atoms with E-state index in [0.29, 0.717) is 11.7 Å². The number of para-hydroxylation sites is 2. The van der Waals surface area contributed by atoms with E-state index in [9.17, 15) is 4.79 Å². The summed E-state index contributed by atoms with van der Waals surface area (Å²) in [5, 5.41) is 5.21. The smallest absolute Gasteiger partial charge is 0.250 e. The van der Waals surface area contributed by atoms with Gasteiger partial charge in [0.05, 0.1) is 19.4 Å². The molecule has 1 N–H and O–H groups in total. The molecule has 0 aliphatic rings. The first-order valence-electron chi connectivity index (χ1n) is 8.51. The molecule has 138 valence electrons. The summed E-state index contributed by atoms with van der Waals surface area (Å²) in [6.07, 6.45) is 3.21. The first-order valence-corrected chi connectivity index (χ1v) is 9.39. The molecule has 2 aromatic carbocycles. The Bertz CT molecular complexity index is 950. The van der Waals surface area contributed by atoms with Crippen molar-refractivity contribution < 1.29 is 14.3 Å². The largest absolute Gasteiger partial charge is 0.496 e. The van der Waals surface area contributed by atoms with Crippen LogP contribution in [0, 0.1) is 0 Å². The maximum absolute atomic E-state index is 12.2. The number of carbonyl (C=O) groups excluding carboxylic acids is 1. The fourth-order valence-corrected chi connectivity index (χ4v) is 3.24. The van der Waals surface area contributed by atoms with Gasteiger partial charge >= 0.3 is 0 Å². The van der Waals surface area contributed by atoms with Gasteiger partial charge in [0.15, 0.2) is 5.13 Å². The molecule has 0 unspecified atom stereocenters. The van der Waals surface area contributed by atoms with Crippen LogP contribution in [0.15, 0.2) is 60.0 Å². The molecule has 0 saturated heterocycles. The lowest BCUT2D eigenvalue weighted by atomic mass is 10.1. The van der Waals surface area contributed by atoms with Gasteiger partial charge in [-0.25, -0.2) is 4.98 Å². The molecule has 5 nitrogen and oxygen atoms in total. The third-order valence-electron chi connectivity index (χ3n) is 3.75. The van der Waals surface area contributed by atoms with Gasteiger partial charge in [0.2, 0.25) is 5.91 Å². The average Bonchev–Trinajstić information content (AvgIpc) is 3.15. The van der Waals surface area contributed by atoms with Crippen LogP contribution in [-0.2, 0) is 4.79 Å². The summed E-state index contributed by atoms with van der Waals surface area (Å²) in [5.74, 6) is 1.24. The Labute approximate surface area is 162 Å². The van der Waals surface area contributed by atoms with Crippen LogP contribution in [0.4, 0.5) is 5.13 Å². The quantitative estimate of drug-likeness (QED) is 0.594. The van der Waals surface area contributed by atoms with E-state index in [4.69, 9.17) is 9.47 Å². The molecule has 3 aromatic rings. The van der Waals surface area contributed by atoms with E-state index in [0.717, 1.165) is 28.3 Å². The second-order valence-corrected chi connectivity index (χ2v) is 6.39. The second kappa shape index (κ2) is 9.00. The van der Waals surface area contributed by atoms with E-state index in [1.807, 2.05) is 60.8 Å². The number of nitrogens with zero attached hydrogens (tertiary/aromatic N) is 1. The van der Waals surface area contributed by atoms with Gasteiger partial charge < -0.3 is 9.47 Å². The van der Waals surface area contributed by atoms with Gasteiger partial charge in [-0.15, -0.1) is 11.3 Å². The highest BCUT2D eigenvalue weighted by atomic mass is 32.1. The topological polar surface area (TPSA) is 60.5 Å². The van der Waals surface area contributed by atoms with Gasteiger partial charge in [-0.05, 0) is 31.2 Å². The van der Waals surface area contributed by atoms with Crippen molar-refractivity contribution in [1.29, 1.82) is 0 Å². The minimum Gasteiger partial charge on any atom is -0.496 e. The normalized spacial score (nSPS) is 10.7. The Morgan fingerprint density at radius 1 is 1.15 bits per heavy atom. The summed E-state index contributed by atoms with van der Waals surface area (Å²) in [6.45, 7) is 2.50. The summed E-state index contributed by atoms with van der Waals surface area (Å²) in [4.78, 5) is 16.7. The summed E-state index contributed by atoms with van der Waals surface area (Å²) in [5.41, 5.74) is 2.50. The van der Waals surface area contributed by atoms with E-state index in [1.54, 1.807) is 13.2 Å². The van der Waals surface area contributed by atoms with Gasteiger partial charge in [-0.1, -0.05) is 30.3 Å². The number of hydrogen-bond acceptors (Lipinski definition) is 5. The maximum atomic E-state index is 12.2. The Morgan fingerprint density at radius 3 is 2.67 bits per heavy atom. The number of rotatable bonds is 7. The van der Waals surface area contributed by atoms with Gasteiger partial charge in [-0.3, -0.25) is 10.1 Å². The van der Waals surface area contributed by atoms with E-state index in [2.05, 4.69) is 10.3 Å². The summed E-state index contributed by atoms with van der Waals surface area (Å²) in [7, 11) is 1.62. The molecule has 0 spiro atoms. The Morgan fingerprint density at radius 2 is 1.89 bits per heavy atom. The number of ether oxygens (including phenoxy) is 2. The van der Waals surface area contributed by atoms with Crippen molar-refractivity contribution in [1.82, 2.24) is 4.98 Å². The Balaban J connectivity index is 1.70. The highest BCUT2D eigenvalue weighted by molar-refractivity contribution is 7.14. The Hall–Kier alpha value is -3.12. The van der Waals surface area contributed by atoms with E-state index >= 15 is 0 Å². The monoisotopic (exact) mass is 380 g/mol. The van der Waals surface area contributed by atoms with Crippen molar-refractivity contribution in [2.45, 2.75) is 6.92 Å². The number of methoxy groups -OCH3 is 1. The van der Waals surface area contributed by atoms with Crippen LogP contribution in [0.5, 0.6) is 11.5 Å². The maximum Gasteiger partial charge on any atom is 0.250 e. The molecule has 0 atom stereocenters. The highest BCUT2D eigenvalue weighted by Gasteiger charge is 2.10. The summed E-state index contributed by atoms with van der Waals surface area (Å²) >= 11 is 1.37. The summed E-state index contributed by atoms with van der Waals surface area (Å²) < 4.78 is 10.9. The molecule has 1 amide bonds. The lowest BCUT2D eigenvalue weighted by Gasteiger charge is -2.06. The van der Waals surface area contributed by atoms with Gasteiger partial charge in [0.1, 0.15) is 11.5 Å². The van der Waals surface area contributed by atoms with E-state index in [-0.39, 0.29) is 5.91 Å². The van der Waals surface area contributed by atoms with Crippen LogP contribution in [0.3, 0.4) is 0 Å². The van der Waals surface area contributed by atoms with Crippen molar-refractivity contribution in [2.24, 2.45) is 0 Å². The molecule has 0 saturated carbocycles. The van der Waals surface area contributed by atoms with Crippen LogP contribution in [0.25, 0.3) is 17.3 Å². The molecular weight excluding hydrogens is 360 g/mol. The number of benzene rings is 2. The minimum absolute atomic E-state index is 0.248. The zero-order chi connectivity index (χ0) is 19.1. The Kier molecular flexibility index (Phi) is 6.22. The second-order valence-electron chi connectivity index (χ2n) is 5.53. The van der Waals surface area contributed by atoms with Crippen LogP contribution >= 0.6 is 11.3 Å². The molecule has 1 aromatic heterocycles. The predicted octanol–water partition coefficient (Wildman–Crippen LogP) is 4.87. The number of anilines is 1. The molecule has 0 aliphatic heterocycles. The van der Waals surface area contributed by atoms with Crippen molar-refractivity contribution in [3.8, 4) is 22.8 Å². The van der Waals surface area contributed by atoms with Gasteiger partial charge in [-0.2, -0.15) is 0 Å². The van der Waals surface area contributed by atoms with Crippen molar-refractivity contribution >= 4 is 28.5 Å². The van der Waals surface area contributed by atoms with E-state index < -0.39 is 0 Å². The number of hydrogen-bond donors (Lipinski definition) is 1. The lowest BCUT2D eigenvalue weighted by Crippen LogP contribution is -2.07. The van der Waals surface area contributed by atoms with Crippen molar-refractivity contribution in [3.05, 3.63) is 65.6 Å². The number of amides is 1. The number of thiazole rings is 1. The molecule has 0 radical (unpaired) electrons. The molecule has 0 aliphatic carbocycles. The van der Waals surface area contributed by atoms with Gasteiger partial charge in [0, 0.05) is 22.6 Å². The number of nitrogens with one attached hydrogen (secondary N) is 1. The molecule has 27 heavy (non-hydrogen) atoms. The fourth-order valence-electron chi connectivity index (χ4n) is 2.53. The van der Waals surface area contributed by atoms with Crippen molar-refractivity contribution in [2.75, 3.05) is 19.0 Å². The SMILES string of the molecule is CCOc1ccccc1/C=C/C(=O)Nc1nc(-c2ccccc2OC)cs1. The third-order valence-corrected chi connectivity index (χ3v) is 4.51. The molecule has 1 heterocycles. The number of carbonyl (C=O) groups is 1. The minimum atomic E-state index is -0.248. The average molecular weight is 380 g/mol. The molecule has 0 bridgehead atoms. The zero-order valence-electron chi connectivity index (χ0n) is 15.1. The molecule has 6 heteroatoms. The van der Waals surface area contributed by atoms with E-state index in [1.165, 1.54) is 17.4 Å². The van der Waals surface area contributed by atoms with Gasteiger partial charge in [0.25, 0.3) is 0 Å². The predicted molar refractivity (Wildman–Crippen MR) is 109 cm³/mol. The zero-order valence-corrected chi connectivity index (χ0v) is 16.0. The summed E-state index contributed by atoms with van der Waals surface area (Å²) in [6, 6.07) is 15.2. The molecule has 0 fully saturated rings. The lowest BCUT2D eigenvalue weighted by molar-refractivity contribution is -0.111. The molecular formula is C21H20N2O3S. The van der Waals surface area contributed by atoms with Crippen LogP contribution < -0.4 is 14.8 Å². The third kappa shape index (κ3) is 4.74. The highest BCUT2D eigenvalue weighted by Crippen LogP contribution is 2.31. The van der Waals surface area contributed by atoms with Crippen molar-refractivity contribution in [3.63, 3.8) is 0 Å². The first kappa shape index (κ1) is 18.7. The van der Waals surface area contributed by atoms with Crippen LogP contribution in [0.2, 0.25) is 0 Å². The fraction of sp³-hybridized carbons (Fsp3) is 0.143. The molecule has 3 rings (SSSR count). The van der Waals surface area contributed by atoms with Crippen LogP contribution in [0.1, 0.15) is 12.5 Å². The van der Waals surface area contributed by atoms with Crippen LogP contribution in [-0.4, -0.2) is 24.6 Å². The standard InChI is InChI=1S/C21H20N2O3S/c1-3-26-18-10-6-4-8-15(18)12-13-20(24)23-21-22-17(14-27-21)16-9-5-7-11-19(16)25-2/h4-14H,3H2,1-2H3,(H,22,23,24)/b13-12+.